The SMILES string of the molecule is NC(c1ccccc1)c1sc2ccccc2c1NCn1c2c(c3ccccc31)C=CC(c1ccc3c(c1)c1c(n3C3=CCC(C4C=CC=CC4)C=C3)CCC=C1)C2. The summed E-state index contributed by atoms with van der Waals surface area (Å²) in [5, 5.41) is 7.84. The number of nitrogens with one attached hydrogen (secondary N) is 1. The van der Waals surface area contributed by atoms with Gasteiger partial charge >= 0.3 is 0 Å². The second-order valence-electron chi connectivity index (χ2n) is 16.0. The molecule has 7 aromatic rings. The van der Waals surface area contributed by atoms with Crippen molar-refractivity contribution < 1.29 is 0 Å². The molecule has 0 amide bonds. The fraction of sp³-hybridized carbons (Fsp3) is 0.192. The zero-order valence-electron chi connectivity index (χ0n) is 32.0. The number of anilines is 1. The van der Waals surface area contributed by atoms with Crippen LogP contribution < -0.4 is 11.1 Å². The summed E-state index contributed by atoms with van der Waals surface area (Å²) in [6, 6.07) is 35.1. The highest BCUT2D eigenvalue weighted by molar-refractivity contribution is 7.19. The van der Waals surface area contributed by atoms with Crippen LogP contribution >= 0.6 is 11.3 Å². The Bertz CT molecular complexity index is 2870. The van der Waals surface area contributed by atoms with Crippen molar-refractivity contribution in [2.45, 2.75) is 50.7 Å². The third-order valence-corrected chi connectivity index (χ3v) is 14.1. The third kappa shape index (κ3) is 5.91. The fourth-order valence-corrected chi connectivity index (χ4v) is 11.1. The van der Waals surface area contributed by atoms with Crippen LogP contribution in [0.5, 0.6) is 0 Å². The van der Waals surface area contributed by atoms with Crippen molar-refractivity contribution in [2.24, 2.45) is 17.6 Å². The average molecular weight is 759 g/mol. The molecule has 0 bridgehead atoms. The minimum atomic E-state index is -0.210. The zero-order chi connectivity index (χ0) is 37.9. The summed E-state index contributed by atoms with van der Waals surface area (Å²) in [6.45, 7) is 0.656. The van der Waals surface area contributed by atoms with Crippen LogP contribution in [0.3, 0.4) is 0 Å². The predicted octanol–water partition coefficient (Wildman–Crippen LogP) is 12.8. The molecular formula is C52H46N4S. The van der Waals surface area contributed by atoms with Gasteiger partial charge in [0.1, 0.15) is 0 Å². The zero-order valence-corrected chi connectivity index (χ0v) is 32.8. The lowest BCUT2D eigenvalue weighted by Crippen LogP contribution is -2.17. The van der Waals surface area contributed by atoms with Crippen molar-refractivity contribution in [1.29, 1.82) is 0 Å². The van der Waals surface area contributed by atoms with Gasteiger partial charge in [-0.15, -0.1) is 11.3 Å². The molecule has 57 heavy (non-hydrogen) atoms. The molecule has 0 saturated carbocycles. The van der Waals surface area contributed by atoms with E-state index in [1.165, 1.54) is 70.5 Å². The molecule has 4 aliphatic rings. The van der Waals surface area contributed by atoms with Crippen LogP contribution in [-0.4, -0.2) is 9.13 Å². The molecule has 0 saturated heterocycles. The second kappa shape index (κ2) is 14.3. The van der Waals surface area contributed by atoms with E-state index in [1.807, 2.05) is 0 Å². The lowest BCUT2D eigenvalue weighted by Gasteiger charge is -2.25. The maximum absolute atomic E-state index is 7.01. The summed E-state index contributed by atoms with van der Waals surface area (Å²) in [6.07, 6.45) is 31.3. The van der Waals surface area contributed by atoms with Crippen molar-refractivity contribution in [1.82, 2.24) is 9.13 Å². The monoisotopic (exact) mass is 758 g/mol. The van der Waals surface area contributed by atoms with E-state index in [-0.39, 0.29) is 12.0 Å². The summed E-state index contributed by atoms with van der Waals surface area (Å²) in [5.41, 5.74) is 20.1. The first-order valence-corrected chi connectivity index (χ1v) is 21.4. The highest BCUT2D eigenvalue weighted by Crippen LogP contribution is 2.43. The first-order valence-electron chi connectivity index (χ1n) is 20.6. The van der Waals surface area contributed by atoms with E-state index in [1.54, 1.807) is 11.3 Å². The van der Waals surface area contributed by atoms with E-state index in [4.69, 9.17) is 5.73 Å². The Hall–Kier alpha value is -5.88. The number of hydrogen-bond donors (Lipinski definition) is 2. The molecule has 4 unspecified atom stereocenters. The average Bonchev–Trinajstić information content (AvgIpc) is 3.93. The van der Waals surface area contributed by atoms with Gasteiger partial charge in [0.2, 0.25) is 0 Å². The molecule has 3 heterocycles. The standard InChI is InChI=1S/C52H46N4S/c53-50(36-15-5-2-6-16-36)52-51(43-19-9-12-22-49(43)57-52)54-33-55-45-20-10-7-17-40(45)42-29-25-38(32-48(42)55)37-26-30-47-44(31-37)41-18-8-11-21-46(41)56(47)39-27-23-35(24-28-39)34-13-3-1-4-14-34/h1-10,12-13,15-20,22-23,25-31,34-35,38,50,54H,11,14,21,24,32-33,53H2. The maximum Gasteiger partial charge on any atom is 0.0923 e. The largest absolute Gasteiger partial charge is 0.366 e. The van der Waals surface area contributed by atoms with Gasteiger partial charge in [-0.3, -0.25) is 0 Å². The minimum Gasteiger partial charge on any atom is -0.366 e. The maximum atomic E-state index is 7.01. The molecule has 280 valence electrons. The van der Waals surface area contributed by atoms with Crippen LogP contribution in [0.2, 0.25) is 0 Å². The van der Waals surface area contributed by atoms with Crippen LogP contribution in [0, 0.1) is 11.8 Å². The normalized spacial score (nSPS) is 20.3. The molecular weight excluding hydrogens is 713 g/mol. The first-order chi connectivity index (χ1) is 28.2. The number of allylic oxidation sites excluding steroid dienone is 10. The minimum absolute atomic E-state index is 0.210. The molecule has 0 aliphatic heterocycles. The smallest absolute Gasteiger partial charge is 0.0923 e. The number of fused-ring (bicyclic) bond motifs is 7. The number of para-hydroxylation sites is 1. The van der Waals surface area contributed by atoms with Crippen LogP contribution in [-0.2, 0) is 19.5 Å². The fourth-order valence-electron chi connectivity index (χ4n) is 9.91. The van der Waals surface area contributed by atoms with Gasteiger partial charge in [0, 0.05) is 55.0 Å². The summed E-state index contributed by atoms with van der Waals surface area (Å²) < 4.78 is 6.32. The second-order valence-corrected chi connectivity index (χ2v) is 17.1. The molecule has 4 nitrogen and oxygen atoms in total. The van der Waals surface area contributed by atoms with Crippen molar-refractivity contribution in [3.8, 4) is 0 Å². The van der Waals surface area contributed by atoms with Crippen molar-refractivity contribution >= 4 is 66.8 Å². The molecule has 4 aromatic carbocycles. The summed E-state index contributed by atoms with van der Waals surface area (Å²) in [7, 11) is 0. The molecule has 4 aliphatic carbocycles. The molecule has 11 rings (SSSR count). The van der Waals surface area contributed by atoms with Gasteiger partial charge in [0.25, 0.3) is 0 Å². The number of thiophene rings is 1. The van der Waals surface area contributed by atoms with Crippen molar-refractivity contribution in [3.05, 3.63) is 190 Å². The van der Waals surface area contributed by atoms with E-state index in [2.05, 4.69) is 178 Å². The number of nitrogens with zero attached hydrogens (tertiary/aromatic N) is 2. The van der Waals surface area contributed by atoms with Gasteiger partial charge in [-0.25, -0.2) is 0 Å². The molecule has 4 atom stereocenters. The Morgan fingerprint density at radius 2 is 1.54 bits per heavy atom. The van der Waals surface area contributed by atoms with Crippen molar-refractivity contribution in [2.75, 3.05) is 5.32 Å². The van der Waals surface area contributed by atoms with Crippen LogP contribution in [0.15, 0.2) is 152 Å². The topological polar surface area (TPSA) is 47.9 Å². The predicted molar refractivity (Wildman–Crippen MR) is 243 cm³/mol. The number of rotatable bonds is 8. The van der Waals surface area contributed by atoms with Crippen LogP contribution in [0.1, 0.15) is 69.7 Å². The molecule has 0 spiro atoms. The molecule has 3 N–H and O–H groups in total. The van der Waals surface area contributed by atoms with Gasteiger partial charge in [0.15, 0.2) is 0 Å². The third-order valence-electron chi connectivity index (χ3n) is 12.8. The summed E-state index contributed by atoms with van der Waals surface area (Å²) in [4.78, 5) is 1.17. The van der Waals surface area contributed by atoms with Crippen molar-refractivity contribution in [3.63, 3.8) is 0 Å². The number of aromatic nitrogens is 2. The highest BCUT2D eigenvalue weighted by atomic mass is 32.1. The van der Waals surface area contributed by atoms with Gasteiger partial charge < -0.3 is 20.2 Å². The summed E-state index contributed by atoms with van der Waals surface area (Å²) >= 11 is 1.79. The van der Waals surface area contributed by atoms with Gasteiger partial charge in [-0.1, -0.05) is 134 Å². The Morgan fingerprint density at radius 1 is 0.719 bits per heavy atom. The lowest BCUT2D eigenvalue weighted by atomic mass is 9.82. The Labute approximate surface area is 338 Å². The quantitative estimate of drug-likeness (QED) is 0.162. The van der Waals surface area contributed by atoms with E-state index >= 15 is 0 Å². The van der Waals surface area contributed by atoms with Gasteiger partial charge in [0.05, 0.1) is 34.3 Å². The molecule has 0 fully saturated rings. The van der Waals surface area contributed by atoms with E-state index in [9.17, 15) is 0 Å². The first kappa shape index (κ1) is 34.4. The lowest BCUT2D eigenvalue weighted by molar-refractivity contribution is 0.478. The number of hydrogen-bond acceptors (Lipinski definition) is 3. The molecule has 5 heteroatoms. The van der Waals surface area contributed by atoms with Crippen LogP contribution in [0.25, 0.3) is 49.7 Å². The Balaban J connectivity index is 0.928. The van der Waals surface area contributed by atoms with E-state index < -0.39 is 0 Å². The van der Waals surface area contributed by atoms with Gasteiger partial charge in [-0.2, -0.15) is 0 Å². The van der Waals surface area contributed by atoms with Gasteiger partial charge in [-0.05, 0) is 85.4 Å². The van der Waals surface area contributed by atoms with E-state index in [0.717, 1.165) is 43.4 Å². The number of benzene rings is 4. The van der Waals surface area contributed by atoms with E-state index in [0.29, 0.717) is 18.5 Å². The summed E-state index contributed by atoms with van der Waals surface area (Å²) in [5.74, 6) is 1.42. The number of nitrogens with two attached hydrogens (primary N) is 1. The Kier molecular flexibility index (Phi) is 8.59. The molecule has 3 aromatic heterocycles. The molecule has 0 radical (unpaired) electrons. The Morgan fingerprint density at radius 3 is 2.40 bits per heavy atom. The van der Waals surface area contributed by atoms with Crippen LogP contribution in [0.4, 0.5) is 5.69 Å². The highest BCUT2D eigenvalue weighted by Gasteiger charge is 2.27.